The Morgan fingerprint density at radius 3 is 2.56 bits per heavy atom. The van der Waals surface area contributed by atoms with Crippen molar-refractivity contribution in [3.05, 3.63) is 36.0 Å². The molecule has 0 radical (unpaired) electrons. The van der Waals surface area contributed by atoms with Gasteiger partial charge in [0, 0.05) is 11.3 Å². The van der Waals surface area contributed by atoms with Crippen LogP contribution >= 0.6 is 0 Å². The molecule has 96 valence electrons. The molecule has 1 aromatic heterocycles. The van der Waals surface area contributed by atoms with Crippen LogP contribution in [0.5, 0.6) is 0 Å². The fourth-order valence-electron chi connectivity index (χ4n) is 1.32. The van der Waals surface area contributed by atoms with Gasteiger partial charge >= 0.3 is 0 Å². The Bertz CT molecular complexity index is 635. The summed E-state index contributed by atoms with van der Waals surface area (Å²) in [4.78, 5) is 3.96. The average Bonchev–Trinajstić information content (AvgIpc) is 2.78. The summed E-state index contributed by atoms with van der Waals surface area (Å²) < 4.78 is 40.3. The number of nitrogens with zero attached hydrogens (tertiary/aromatic N) is 2. The van der Waals surface area contributed by atoms with Crippen LogP contribution in [0.25, 0.3) is 11.4 Å². The molecule has 0 spiro atoms. The van der Waals surface area contributed by atoms with Gasteiger partial charge in [-0.15, -0.1) is 0 Å². The normalized spacial score (nSPS) is 11.7. The molecule has 0 fully saturated rings. The number of hydrogen-bond donors (Lipinski definition) is 0. The van der Waals surface area contributed by atoms with Crippen LogP contribution in [-0.4, -0.2) is 24.3 Å². The number of benzene rings is 1. The summed E-state index contributed by atoms with van der Waals surface area (Å²) in [7, 11) is -3.20. The van der Waals surface area contributed by atoms with Crippen molar-refractivity contribution in [1.82, 2.24) is 10.1 Å². The zero-order valence-corrected chi connectivity index (χ0v) is 10.4. The first kappa shape index (κ1) is 12.7. The van der Waals surface area contributed by atoms with Crippen molar-refractivity contribution in [2.45, 2.75) is 12.7 Å². The van der Waals surface area contributed by atoms with Crippen molar-refractivity contribution in [3.8, 4) is 11.4 Å². The highest BCUT2D eigenvalue weighted by molar-refractivity contribution is 7.90. The van der Waals surface area contributed by atoms with E-state index in [0.717, 1.165) is 0 Å². The van der Waals surface area contributed by atoms with Gasteiger partial charge < -0.3 is 4.52 Å². The topological polar surface area (TPSA) is 73.1 Å². The van der Waals surface area contributed by atoms with Crippen LogP contribution in [0.4, 0.5) is 4.39 Å². The van der Waals surface area contributed by atoms with E-state index in [9.17, 15) is 12.8 Å². The Morgan fingerprint density at radius 1 is 1.28 bits per heavy atom. The average molecular weight is 270 g/mol. The molecule has 0 saturated carbocycles. The molecular weight excluding hydrogens is 259 g/mol. The molecule has 18 heavy (non-hydrogen) atoms. The quantitative estimate of drug-likeness (QED) is 0.847. The summed E-state index contributed by atoms with van der Waals surface area (Å²) in [6.45, 7) is 1.55. The third-order valence-electron chi connectivity index (χ3n) is 2.35. The number of sulfone groups is 1. The smallest absolute Gasteiger partial charge is 0.242 e. The molecule has 0 amide bonds. The molecule has 0 aliphatic carbocycles. The van der Waals surface area contributed by atoms with Crippen LogP contribution in [0, 0.1) is 5.82 Å². The van der Waals surface area contributed by atoms with Gasteiger partial charge in [0.15, 0.2) is 9.84 Å². The molecule has 2 aromatic rings. The lowest BCUT2D eigenvalue weighted by molar-refractivity contribution is 0.389. The third kappa shape index (κ3) is 2.92. The van der Waals surface area contributed by atoms with Gasteiger partial charge in [0.1, 0.15) is 11.6 Å². The van der Waals surface area contributed by atoms with E-state index in [1.165, 1.54) is 24.3 Å². The summed E-state index contributed by atoms with van der Waals surface area (Å²) in [6, 6.07) is 5.54. The molecule has 0 saturated heterocycles. The minimum absolute atomic E-state index is 0.0151. The first-order chi connectivity index (χ1) is 8.50. The van der Waals surface area contributed by atoms with Gasteiger partial charge in [0.2, 0.25) is 11.7 Å². The molecule has 7 heteroatoms. The Kier molecular flexibility index (Phi) is 3.42. The summed E-state index contributed by atoms with van der Waals surface area (Å²) in [5.41, 5.74) is 0.570. The van der Waals surface area contributed by atoms with E-state index >= 15 is 0 Å². The minimum Gasteiger partial charge on any atom is -0.338 e. The molecule has 1 aromatic carbocycles. The van der Waals surface area contributed by atoms with Crippen LogP contribution in [0.3, 0.4) is 0 Å². The van der Waals surface area contributed by atoms with Crippen LogP contribution in [0.2, 0.25) is 0 Å². The second kappa shape index (κ2) is 4.85. The molecule has 2 rings (SSSR count). The third-order valence-corrected chi connectivity index (χ3v) is 3.92. The van der Waals surface area contributed by atoms with E-state index in [1.807, 2.05) is 0 Å². The highest BCUT2D eigenvalue weighted by Crippen LogP contribution is 2.17. The predicted molar refractivity (Wildman–Crippen MR) is 62.9 cm³/mol. The van der Waals surface area contributed by atoms with Crippen molar-refractivity contribution in [3.63, 3.8) is 0 Å². The van der Waals surface area contributed by atoms with E-state index in [2.05, 4.69) is 10.1 Å². The molecule has 0 aliphatic rings. The van der Waals surface area contributed by atoms with Crippen molar-refractivity contribution in [2.24, 2.45) is 0 Å². The Hall–Kier alpha value is -1.76. The van der Waals surface area contributed by atoms with Crippen molar-refractivity contribution >= 4 is 9.84 Å². The van der Waals surface area contributed by atoms with Gasteiger partial charge in [0.25, 0.3) is 0 Å². The van der Waals surface area contributed by atoms with E-state index in [4.69, 9.17) is 4.52 Å². The lowest BCUT2D eigenvalue weighted by Gasteiger charge is -1.94. The molecule has 5 nitrogen and oxygen atoms in total. The van der Waals surface area contributed by atoms with Crippen molar-refractivity contribution < 1.29 is 17.3 Å². The number of aromatic nitrogens is 2. The van der Waals surface area contributed by atoms with E-state index in [0.29, 0.717) is 5.56 Å². The number of hydrogen-bond acceptors (Lipinski definition) is 5. The fourth-order valence-corrected chi connectivity index (χ4v) is 2.02. The highest BCUT2D eigenvalue weighted by atomic mass is 32.2. The van der Waals surface area contributed by atoms with Gasteiger partial charge in [0.05, 0.1) is 0 Å². The van der Waals surface area contributed by atoms with E-state index < -0.39 is 9.84 Å². The Labute approximate surface area is 104 Å². The Balaban J connectivity index is 2.23. The second-order valence-electron chi connectivity index (χ2n) is 3.70. The maximum absolute atomic E-state index is 12.7. The predicted octanol–water partition coefficient (Wildman–Crippen LogP) is 1.81. The fraction of sp³-hybridized carbons (Fsp3) is 0.273. The second-order valence-corrected chi connectivity index (χ2v) is 6.05. The van der Waals surface area contributed by atoms with E-state index in [1.54, 1.807) is 6.92 Å². The molecule has 0 bridgehead atoms. The van der Waals surface area contributed by atoms with Gasteiger partial charge in [-0.1, -0.05) is 12.1 Å². The van der Waals surface area contributed by atoms with Gasteiger partial charge in [-0.3, -0.25) is 0 Å². The van der Waals surface area contributed by atoms with Gasteiger partial charge in [-0.2, -0.15) is 4.98 Å². The molecule has 0 N–H and O–H groups in total. The molecule has 1 heterocycles. The molecular formula is C11H11FN2O3S. The number of halogens is 1. The SMILES string of the molecule is CCS(=O)(=O)Cc1nc(-c2ccc(F)cc2)no1. The summed E-state index contributed by atoms with van der Waals surface area (Å²) in [6.07, 6.45) is 0. The Morgan fingerprint density at radius 2 is 1.94 bits per heavy atom. The van der Waals surface area contributed by atoms with Crippen molar-refractivity contribution in [1.29, 1.82) is 0 Å². The largest absolute Gasteiger partial charge is 0.338 e. The first-order valence-corrected chi connectivity index (χ1v) is 7.11. The van der Waals surface area contributed by atoms with Gasteiger partial charge in [-0.25, -0.2) is 12.8 Å². The van der Waals surface area contributed by atoms with E-state index in [-0.39, 0.29) is 29.0 Å². The summed E-state index contributed by atoms with van der Waals surface area (Å²) in [5, 5.41) is 3.66. The van der Waals surface area contributed by atoms with Gasteiger partial charge in [-0.05, 0) is 24.3 Å². The van der Waals surface area contributed by atoms with Crippen LogP contribution in [0.15, 0.2) is 28.8 Å². The zero-order valence-electron chi connectivity index (χ0n) is 9.63. The maximum Gasteiger partial charge on any atom is 0.242 e. The van der Waals surface area contributed by atoms with Crippen molar-refractivity contribution in [2.75, 3.05) is 5.75 Å². The van der Waals surface area contributed by atoms with Crippen LogP contribution < -0.4 is 0 Å². The zero-order chi connectivity index (χ0) is 13.2. The van der Waals surface area contributed by atoms with Crippen LogP contribution in [0.1, 0.15) is 12.8 Å². The number of rotatable bonds is 4. The lowest BCUT2D eigenvalue weighted by atomic mass is 10.2. The monoisotopic (exact) mass is 270 g/mol. The highest BCUT2D eigenvalue weighted by Gasteiger charge is 2.15. The first-order valence-electron chi connectivity index (χ1n) is 5.29. The summed E-state index contributed by atoms with van der Waals surface area (Å²) in [5.74, 6) is -0.345. The minimum atomic E-state index is -3.20. The lowest BCUT2D eigenvalue weighted by Crippen LogP contribution is -2.06. The van der Waals surface area contributed by atoms with Crippen LogP contribution in [-0.2, 0) is 15.6 Å². The molecule has 0 unspecified atom stereocenters. The summed E-state index contributed by atoms with van der Waals surface area (Å²) >= 11 is 0. The molecule has 0 aliphatic heterocycles. The maximum atomic E-state index is 12.7. The molecule has 0 atom stereocenters. The standard InChI is InChI=1S/C11H11FN2O3S/c1-2-18(15,16)7-10-13-11(14-17-10)8-3-5-9(12)6-4-8/h3-6H,2,7H2,1H3.